The Labute approximate surface area is 68.4 Å². The lowest BCUT2D eigenvalue weighted by molar-refractivity contribution is 0.637. The molecule has 10 heavy (non-hydrogen) atoms. The molecular weight excluding hydrogens is 140 g/mol. The lowest BCUT2D eigenvalue weighted by Crippen LogP contribution is -2.17. The van der Waals surface area contributed by atoms with Crippen LogP contribution in [0.4, 0.5) is 0 Å². The van der Waals surface area contributed by atoms with Gasteiger partial charge in [0.05, 0.1) is 0 Å². The van der Waals surface area contributed by atoms with Gasteiger partial charge in [0.25, 0.3) is 0 Å². The minimum atomic E-state index is 0.156. The minimum Gasteiger partial charge on any atom is -0.168 e. The van der Waals surface area contributed by atoms with E-state index in [9.17, 15) is 0 Å². The van der Waals surface area contributed by atoms with Crippen LogP contribution in [-0.4, -0.2) is 4.75 Å². The molecule has 1 atom stereocenters. The van der Waals surface area contributed by atoms with Gasteiger partial charge in [0.15, 0.2) is 0 Å². The number of thiol groups is 1. The third-order valence-electron chi connectivity index (χ3n) is 1.81. The minimum absolute atomic E-state index is 0.156. The Balaban J connectivity index is 2.52. The lowest BCUT2D eigenvalue weighted by atomic mass is 9.95. The smallest absolute Gasteiger partial charge is 0.0346 e. The van der Waals surface area contributed by atoms with Gasteiger partial charge in [-0.05, 0) is 12.8 Å². The fourth-order valence-electron chi connectivity index (χ4n) is 1.27. The first-order valence-corrected chi connectivity index (χ1v) is 4.28. The van der Waals surface area contributed by atoms with Crippen molar-refractivity contribution in [2.45, 2.75) is 30.9 Å². The summed E-state index contributed by atoms with van der Waals surface area (Å²) in [6.07, 6.45) is 12.0. The predicted octanol–water partition coefficient (Wildman–Crippen LogP) is 2.97. The van der Waals surface area contributed by atoms with E-state index in [-0.39, 0.29) is 4.75 Å². The molecule has 0 N–H and O–H groups in total. The van der Waals surface area contributed by atoms with Gasteiger partial charge in [-0.1, -0.05) is 37.6 Å². The van der Waals surface area contributed by atoms with E-state index >= 15 is 0 Å². The van der Waals surface area contributed by atoms with E-state index in [0.29, 0.717) is 0 Å². The number of allylic oxidation sites excluding steroid dienone is 3. The van der Waals surface area contributed by atoms with Gasteiger partial charge in [0.2, 0.25) is 0 Å². The van der Waals surface area contributed by atoms with Gasteiger partial charge in [-0.3, -0.25) is 0 Å². The SMILES string of the molecule is CCCC1(S)C=CC=CC1. The maximum atomic E-state index is 4.59. The van der Waals surface area contributed by atoms with Crippen molar-refractivity contribution in [1.82, 2.24) is 0 Å². The highest BCUT2D eigenvalue weighted by atomic mass is 32.1. The first-order valence-electron chi connectivity index (χ1n) is 3.83. The van der Waals surface area contributed by atoms with Gasteiger partial charge in [0.1, 0.15) is 0 Å². The average Bonchev–Trinajstić information content (AvgIpc) is 1.89. The zero-order valence-corrected chi connectivity index (χ0v) is 7.27. The molecule has 0 bridgehead atoms. The van der Waals surface area contributed by atoms with Gasteiger partial charge < -0.3 is 0 Å². The molecule has 1 heteroatoms. The summed E-state index contributed by atoms with van der Waals surface area (Å²) >= 11 is 4.59. The second-order valence-electron chi connectivity index (χ2n) is 2.84. The van der Waals surface area contributed by atoms with Gasteiger partial charge in [-0.25, -0.2) is 0 Å². The summed E-state index contributed by atoms with van der Waals surface area (Å²) in [5.74, 6) is 0. The van der Waals surface area contributed by atoms with Crippen LogP contribution in [0.15, 0.2) is 24.3 Å². The van der Waals surface area contributed by atoms with Crippen LogP contribution in [0.3, 0.4) is 0 Å². The molecule has 0 saturated carbocycles. The van der Waals surface area contributed by atoms with Crippen LogP contribution < -0.4 is 0 Å². The van der Waals surface area contributed by atoms with Crippen molar-refractivity contribution < 1.29 is 0 Å². The maximum Gasteiger partial charge on any atom is 0.0346 e. The summed E-state index contributed by atoms with van der Waals surface area (Å²) in [5.41, 5.74) is 0. The summed E-state index contributed by atoms with van der Waals surface area (Å²) in [5, 5.41) is 0. The quantitative estimate of drug-likeness (QED) is 0.581. The van der Waals surface area contributed by atoms with E-state index in [1.54, 1.807) is 0 Å². The normalized spacial score (nSPS) is 31.0. The largest absolute Gasteiger partial charge is 0.168 e. The lowest BCUT2D eigenvalue weighted by Gasteiger charge is -2.24. The van der Waals surface area contributed by atoms with Crippen LogP contribution >= 0.6 is 12.6 Å². The zero-order valence-electron chi connectivity index (χ0n) is 6.38. The highest BCUT2D eigenvalue weighted by molar-refractivity contribution is 7.82. The highest BCUT2D eigenvalue weighted by Crippen LogP contribution is 2.29. The fraction of sp³-hybridized carbons (Fsp3) is 0.556. The van der Waals surface area contributed by atoms with Crippen molar-refractivity contribution in [2.24, 2.45) is 0 Å². The van der Waals surface area contributed by atoms with Crippen LogP contribution in [0.2, 0.25) is 0 Å². The molecule has 1 aliphatic carbocycles. The highest BCUT2D eigenvalue weighted by Gasteiger charge is 2.19. The summed E-state index contributed by atoms with van der Waals surface area (Å²) in [6.45, 7) is 2.20. The molecule has 1 aliphatic rings. The van der Waals surface area contributed by atoms with Crippen molar-refractivity contribution >= 4 is 12.6 Å². The first-order chi connectivity index (χ1) is 4.77. The number of hydrogen-bond donors (Lipinski definition) is 1. The van der Waals surface area contributed by atoms with E-state index < -0.39 is 0 Å². The summed E-state index contributed by atoms with van der Waals surface area (Å²) in [6, 6.07) is 0. The molecule has 0 amide bonds. The Hall–Kier alpha value is -0.170. The van der Waals surface area contributed by atoms with Crippen molar-refractivity contribution in [1.29, 1.82) is 0 Å². The molecule has 1 rings (SSSR count). The van der Waals surface area contributed by atoms with Crippen molar-refractivity contribution in [3.05, 3.63) is 24.3 Å². The second-order valence-corrected chi connectivity index (χ2v) is 3.74. The van der Waals surface area contributed by atoms with E-state index in [1.807, 2.05) is 0 Å². The van der Waals surface area contributed by atoms with E-state index in [2.05, 4.69) is 43.9 Å². The van der Waals surface area contributed by atoms with Crippen molar-refractivity contribution in [3.63, 3.8) is 0 Å². The molecule has 0 aromatic carbocycles. The Kier molecular flexibility index (Phi) is 2.61. The Bertz CT molecular complexity index is 158. The molecule has 0 radical (unpaired) electrons. The Morgan fingerprint density at radius 2 is 2.30 bits per heavy atom. The van der Waals surface area contributed by atoms with Gasteiger partial charge in [-0.15, -0.1) is 0 Å². The molecule has 0 aromatic rings. The van der Waals surface area contributed by atoms with Crippen molar-refractivity contribution in [2.75, 3.05) is 0 Å². The molecule has 1 unspecified atom stereocenters. The molecule has 0 nitrogen and oxygen atoms in total. The maximum absolute atomic E-state index is 4.59. The first kappa shape index (κ1) is 7.93. The van der Waals surface area contributed by atoms with Gasteiger partial charge in [-0.2, -0.15) is 12.6 Å². The fourth-order valence-corrected chi connectivity index (χ4v) is 1.69. The second kappa shape index (κ2) is 3.29. The summed E-state index contributed by atoms with van der Waals surface area (Å²) < 4.78 is 0.156. The Morgan fingerprint density at radius 3 is 2.80 bits per heavy atom. The van der Waals surface area contributed by atoms with Gasteiger partial charge >= 0.3 is 0 Å². The van der Waals surface area contributed by atoms with Crippen LogP contribution in [-0.2, 0) is 0 Å². The third kappa shape index (κ3) is 1.91. The molecule has 0 aromatic heterocycles. The molecule has 0 aliphatic heterocycles. The van der Waals surface area contributed by atoms with Crippen LogP contribution in [0.1, 0.15) is 26.2 Å². The topological polar surface area (TPSA) is 0 Å². The molecule has 0 heterocycles. The van der Waals surface area contributed by atoms with E-state index in [1.165, 1.54) is 12.8 Å². The zero-order chi connectivity index (χ0) is 7.45. The number of hydrogen-bond acceptors (Lipinski definition) is 1. The standard InChI is InChI=1S/C9H14S/c1-2-6-9(10)7-4-3-5-8-9/h3-5,7,10H,2,6,8H2,1H3. The van der Waals surface area contributed by atoms with E-state index in [0.717, 1.165) is 6.42 Å². The molecule has 0 spiro atoms. The van der Waals surface area contributed by atoms with Crippen LogP contribution in [0.25, 0.3) is 0 Å². The summed E-state index contributed by atoms with van der Waals surface area (Å²) in [7, 11) is 0. The molecule has 0 saturated heterocycles. The predicted molar refractivity (Wildman–Crippen MR) is 49.5 cm³/mol. The van der Waals surface area contributed by atoms with Crippen LogP contribution in [0.5, 0.6) is 0 Å². The van der Waals surface area contributed by atoms with Crippen molar-refractivity contribution in [3.8, 4) is 0 Å². The van der Waals surface area contributed by atoms with E-state index in [4.69, 9.17) is 0 Å². The van der Waals surface area contributed by atoms with Crippen LogP contribution in [0, 0.1) is 0 Å². The molecular formula is C9H14S. The van der Waals surface area contributed by atoms with Gasteiger partial charge in [0, 0.05) is 4.75 Å². The summed E-state index contributed by atoms with van der Waals surface area (Å²) in [4.78, 5) is 0. The monoisotopic (exact) mass is 154 g/mol. The number of rotatable bonds is 2. The third-order valence-corrected chi connectivity index (χ3v) is 2.36. The molecule has 56 valence electrons. The molecule has 0 fully saturated rings. The average molecular weight is 154 g/mol. The Morgan fingerprint density at radius 1 is 1.50 bits per heavy atom.